The van der Waals surface area contributed by atoms with Gasteiger partial charge in [0.25, 0.3) is 0 Å². The summed E-state index contributed by atoms with van der Waals surface area (Å²) in [7, 11) is 0. The Morgan fingerprint density at radius 3 is 2.46 bits per heavy atom. The van der Waals surface area contributed by atoms with Crippen LogP contribution in [0.15, 0.2) is 85.2 Å². The first kappa shape index (κ1) is 17.7. The normalized spacial score (nSPS) is 11.9. The van der Waals surface area contributed by atoms with Crippen molar-refractivity contribution in [1.29, 1.82) is 0 Å². The van der Waals surface area contributed by atoms with E-state index in [-0.39, 0.29) is 18.5 Å². The van der Waals surface area contributed by atoms with Crippen molar-refractivity contribution in [2.45, 2.75) is 19.5 Å². The minimum atomic E-state index is -0.148. The lowest BCUT2D eigenvalue weighted by atomic mass is 10.1. The lowest BCUT2D eigenvalue weighted by molar-refractivity contribution is -0.116. The van der Waals surface area contributed by atoms with Gasteiger partial charge in [-0.15, -0.1) is 0 Å². The van der Waals surface area contributed by atoms with Crippen LogP contribution >= 0.6 is 0 Å². The highest BCUT2D eigenvalue weighted by molar-refractivity contribution is 5.89. The first-order valence-electron chi connectivity index (χ1n) is 9.18. The van der Waals surface area contributed by atoms with Crippen LogP contribution in [0.5, 0.6) is 0 Å². The summed E-state index contributed by atoms with van der Waals surface area (Å²) in [6.45, 7) is 2.19. The van der Waals surface area contributed by atoms with Gasteiger partial charge >= 0.3 is 0 Å². The number of aromatic nitrogens is 4. The number of carbonyl (C=O) groups excluding carboxylic acids is 1. The smallest absolute Gasteiger partial charge is 0.247 e. The molecule has 0 bridgehead atoms. The fourth-order valence-electron chi connectivity index (χ4n) is 3.14. The van der Waals surface area contributed by atoms with Gasteiger partial charge in [-0.25, -0.2) is 4.68 Å². The van der Waals surface area contributed by atoms with E-state index in [9.17, 15) is 4.79 Å². The number of amides is 1. The molecule has 140 valence electrons. The van der Waals surface area contributed by atoms with Crippen LogP contribution < -0.4 is 5.32 Å². The molecule has 1 N–H and O–H groups in total. The third-order valence-electron chi connectivity index (χ3n) is 4.60. The summed E-state index contributed by atoms with van der Waals surface area (Å²) in [4.78, 5) is 12.5. The molecule has 0 aliphatic rings. The Hall–Kier alpha value is -3.67. The highest BCUT2D eigenvalue weighted by atomic mass is 16.2. The van der Waals surface area contributed by atoms with E-state index in [2.05, 4.69) is 22.4 Å². The minimum absolute atomic E-state index is 0.0147. The predicted octanol–water partition coefficient (Wildman–Crippen LogP) is 3.99. The Bertz CT molecular complexity index is 1050. The molecule has 6 heteroatoms. The van der Waals surface area contributed by atoms with Gasteiger partial charge in [0, 0.05) is 17.8 Å². The van der Waals surface area contributed by atoms with Crippen molar-refractivity contribution in [2.24, 2.45) is 0 Å². The van der Waals surface area contributed by atoms with E-state index >= 15 is 0 Å². The monoisotopic (exact) mass is 371 g/mol. The molecule has 0 saturated carbocycles. The molecule has 0 aliphatic heterocycles. The number of nitrogens with zero attached hydrogens (tertiary/aromatic N) is 4. The van der Waals surface area contributed by atoms with Crippen LogP contribution in [0.3, 0.4) is 0 Å². The lowest BCUT2D eigenvalue weighted by Gasteiger charge is -2.16. The molecule has 0 spiro atoms. The number of nitrogens with one attached hydrogen (secondary N) is 1. The Kier molecular flexibility index (Phi) is 5.01. The van der Waals surface area contributed by atoms with Gasteiger partial charge in [0.2, 0.25) is 5.91 Å². The first-order chi connectivity index (χ1) is 13.7. The van der Waals surface area contributed by atoms with Crippen LogP contribution in [0.2, 0.25) is 0 Å². The third kappa shape index (κ3) is 3.86. The number of hydrogen-bond acceptors (Lipinski definition) is 3. The largest absolute Gasteiger partial charge is 0.309 e. The molecule has 0 radical (unpaired) electrons. The van der Waals surface area contributed by atoms with Crippen LogP contribution in [0.25, 0.3) is 11.3 Å². The van der Waals surface area contributed by atoms with E-state index in [4.69, 9.17) is 0 Å². The summed E-state index contributed by atoms with van der Waals surface area (Å²) in [5, 5.41) is 11.8. The molecule has 6 nitrogen and oxygen atoms in total. The second kappa shape index (κ2) is 7.92. The zero-order valence-corrected chi connectivity index (χ0v) is 15.6. The quantitative estimate of drug-likeness (QED) is 0.557. The molecule has 1 amide bonds. The second-order valence-corrected chi connectivity index (χ2v) is 6.56. The number of hydrogen-bond donors (Lipinski definition) is 1. The molecule has 0 aliphatic carbocycles. The fraction of sp³-hybridized carbons (Fsp3) is 0.136. The van der Waals surface area contributed by atoms with Crippen molar-refractivity contribution in [2.75, 3.05) is 5.32 Å². The maximum Gasteiger partial charge on any atom is 0.247 e. The molecule has 1 atom stereocenters. The average Bonchev–Trinajstić information content (AvgIpc) is 3.38. The standard InChI is InChI=1S/C22H21N5O/c1-17(18-8-4-2-5-9-18)27-21(12-14-23-27)24-22(28)16-26-15-13-20(25-26)19-10-6-3-7-11-19/h2-15,17H,16H2,1H3,(H,24,28). The van der Waals surface area contributed by atoms with E-state index in [1.165, 1.54) is 0 Å². The van der Waals surface area contributed by atoms with E-state index in [1.54, 1.807) is 16.9 Å². The molecule has 0 saturated heterocycles. The van der Waals surface area contributed by atoms with Crippen molar-refractivity contribution in [1.82, 2.24) is 19.6 Å². The maximum atomic E-state index is 12.5. The molecule has 2 aromatic carbocycles. The van der Waals surface area contributed by atoms with Gasteiger partial charge in [-0.3, -0.25) is 9.48 Å². The fourth-order valence-corrected chi connectivity index (χ4v) is 3.14. The lowest BCUT2D eigenvalue weighted by Crippen LogP contribution is -2.22. The van der Waals surface area contributed by atoms with Gasteiger partial charge in [0.15, 0.2) is 0 Å². The van der Waals surface area contributed by atoms with Crippen molar-refractivity contribution in [3.8, 4) is 11.3 Å². The molecular formula is C22H21N5O. The molecule has 2 aromatic heterocycles. The van der Waals surface area contributed by atoms with Crippen LogP contribution in [-0.2, 0) is 11.3 Å². The van der Waals surface area contributed by atoms with Crippen molar-refractivity contribution in [3.63, 3.8) is 0 Å². The van der Waals surface area contributed by atoms with Crippen LogP contribution in [0.4, 0.5) is 5.82 Å². The van der Waals surface area contributed by atoms with Gasteiger partial charge in [-0.2, -0.15) is 10.2 Å². The molecule has 28 heavy (non-hydrogen) atoms. The highest BCUT2D eigenvalue weighted by Crippen LogP contribution is 2.21. The number of carbonyl (C=O) groups is 1. The van der Waals surface area contributed by atoms with Crippen molar-refractivity contribution >= 4 is 11.7 Å². The molecular weight excluding hydrogens is 350 g/mol. The first-order valence-corrected chi connectivity index (χ1v) is 9.18. The summed E-state index contributed by atoms with van der Waals surface area (Å²) in [6.07, 6.45) is 3.50. The summed E-state index contributed by atoms with van der Waals surface area (Å²) in [6, 6.07) is 23.7. The topological polar surface area (TPSA) is 64.7 Å². The van der Waals surface area contributed by atoms with Gasteiger partial charge < -0.3 is 5.32 Å². The van der Waals surface area contributed by atoms with E-state index in [0.29, 0.717) is 5.82 Å². The van der Waals surface area contributed by atoms with Gasteiger partial charge in [0.05, 0.1) is 17.9 Å². The van der Waals surface area contributed by atoms with Crippen LogP contribution in [0.1, 0.15) is 18.5 Å². The molecule has 1 unspecified atom stereocenters. The molecule has 0 fully saturated rings. The zero-order chi connectivity index (χ0) is 19.3. The van der Waals surface area contributed by atoms with Gasteiger partial charge in [-0.1, -0.05) is 60.7 Å². The van der Waals surface area contributed by atoms with Crippen LogP contribution in [0, 0.1) is 0 Å². The number of rotatable bonds is 6. The van der Waals surface area contributed by atoms with Crippen molar-refractivity contribution < 1.29 is 4.79 Å². The predicted molar refractivity (Wildman–Crippen MR) is 109 cm³/mol. The number of benzene rings is 2. The molecule has 2 heterocycles. The SMILES string of the molecule is CC(c1ccccc1)n1nccc1NC(=O)Cn1ccc(-c2ccccc2)n1. The summed E-state index contributed by atoms with van der Waals surface area (Å²) in [5.41, 5.74) is 2.99. The molecule has 4 rings (SSSR count). The Morgan fingerprint density at radius 1 is 1.00 bits per heavy atom. The third-order valence-corrected chi connectivity index (χ3v) is 4.60. The Morgan fingerprint density at radius 2 is 1.71 bits per heavy atom. The average molecular weight is 371 g/mol. The van der Waals surface area contributed by atoms with Gasteiger partial charge in [-0.05, 0) is 18.6 Å². The Labute approximate surface area is 163 Å². The maximum absolute atomic E-state index is 12.5. The zero-order valence-electron chi connectivity index (χ0n) is 15.6. The summed E-state index contributed by atoms with van der Waals surface area (Å²) < 4.78 is 3.45. The van der Waals surface area contributed by atoms with E-state index in [1.807, 2.05) is 77.6 Å². The van der Waals surface area contributed by atoms with Crippen molar-refractivity contribution in [3.05, 3.63) is 90.8 Å². The van der Waals surface area contributed by atoms with E-state index < -0.39 is 0 Å². The summed E-state index contributed by atoms with van der Waals surface area (Å²) in [5.74, 6) is 0.515. The highest BCUT2D eigenvalue weighted by Gasteiger charge is 2.14. The Balaban J connectivity index is 1.44. The minimum Gasteiger partial charge on any atom is -0.309 e. The van der Waals surface area contributed by atoms with E-state index in [0.717, 1.165) is 16.8 Å². The van der Waals surface area contributed by atoms with Crippen LogP contribution in [-0.4, -0.2) is 25.5 Å². The second-order valence-electron chi connectivity index (χ2n) is 6.56. The number of anilines is 1. The van der Waals surface area contributed by atoms with Gasteiger partial charge in [0.1, 0.15) is 12.4 Å². The summed E-state index contributed by atoms with van der Waals surface area (Å²) >= 11 is 0. The molecule has 4 aromatic rings.